The molecule has 1 saturated heterocycles. The molecule has 3 heterocycles. The third kappa shape index (κ3) is 7.31. The third-order valence-corrected chi connectivity index (χ3v) is 10.7. The Morgan fingerprint density at radius 2 is 1.71 bits per heavy atom. The Morgan fingerprint density at radius 1 is 1.02 bits per heavy atom. The molecule has 1 aliphatic heterocycles. The van der Waals surface area contributed by atoms with E-state index in [1.54, 1.807) is 6.20 Å². The predicted octanol–water partition coefficient (Wildman–Crippen LogP) is 7.28. The van der Waals surface area contributed by atoms with E-state index in [1.807, 2.05) is 17.2 Å². The molecule has 1 amide bonds. The Balaban J connectivity index is 1.32. The molecule has 0 radical (unpaired) electrons. The van der Waals surface area contributed by atoms with Gasteiger partial charge in [-0.15, -0.1) is 11.3 Å². The van der Waals surface area contributed by atoms with Gasteiger partial charge in [0.1, 0.15) is 10.6 Å². The van der Waals surface area contributed by atoms with Gasteiger partial charge in [0.05, 0.1) is 18.0 Å². The first-order valence-corrected chi connectivity index (χ1v) is 16.4. The van der Waals surface area contributed by atoms with Crippen molar-refractivity contribution in [3.05, 3.63) is 39.8 Å². The van der Waals surface area contributed by atoms with Crippen LogP contribution in [0.4, 0.5) is 5.69 Å². The van der Waals surface area contributed by atoms with Crippen LogP contribution in [-0.2, 0) is 16.8 Å². The van der Waals surface area contributed by atoms with Gasteiger partial charge in [-0.25, -0.2) is 4.79 Å². The summed E-state index contributed by atoms with van der Waals surface area (Å²) in [5, 5.41) is 10.2. The van der Waals surface area contributed by atoms with Gasteiger partial charge in [0.2, 0.25) is 5.91 Å². The van der Waals surface area contributed by atoms with Crippen molar-refractivity contribution >= 4 is 28.9 Å². The van der Waals surface area contributed by atoms with E-state index in [-0.39, 0.29) is 34.3 Å². The van der Waals surface area contributed by atoms with Gasteiger partial charge in [-0.1, -0.05) is 27.7 Å². The van der Waals surface area contributed by atoms with E-state index in [0.29, 0.717) is 11.6 Å². The number of aromatic nitrogens is 1. The molecule has 2 aliphatic carbocycles. The standard InChI is InChI=1S/C33H47N3O4S/c1-22-7-9-24(10-8-22)31(37)36(28-18-29(33(2,3)4)41-30(28)32(38)39)25-11-13-26(14-12-25)40-27-17-23(19-34-20-27)21-35-15-5-6-16-35/h17-20,22,24-26H,5-16,21H2,1-4H3,(H,38,39)/t22?,24?,25-,26-. The van der Waals surface area contributed by atoms with E-state index < -0.39 is 5.97 Å². The maximum atomic E-state index is 14.2. The zero-order valence-corrected chi connectivity index (χ0v) is 26.0. The molecule has 0 aromatic carbocycles. The van der Waals surface area contributed by atoms with E-state index in [1.165, 1.54) is 29.7 Å². The summed E-state index contributed by atoms with van der Waals surface area (Å²) in [4.78, 5) is 36.7. The summed E-state index contributed by atoms with van der Waals surface area (Å²) in [7, 11) is 0. The van der Waals surface area contributed by atoms with E-state index in [4.69, 9.17) is 4.74 Å². The van der Waals surface area contributed by atoms with Gasteiger partial charge in [0.15, 0.2) is 0 Å². The topological polar surface area (TPSA) is 83.0 Å². The van der Waals surface area contributed by atoms with Crippen molar-refractivity contribution in [2.45, 2.75) is 116 Å². The number of pyridine rings is 1. The van der Waals surface area contributed by atoms with Gasteiger partial charge < -0.3 is 14.7 Å². The number of likely N-dealkylation sites (tertiary alicyclic amines) is 1. The average molecular weight is 582 g/mol. The molecular weight excluding hydrogens is 534 g/mol. The highest BCUT2D eigenvalue weighted by Crippen LogP contribution is 2.42. The lowest BCUT2D eigenvalue weighted by Gasteiger charge is -2.39. The van der Waals surface area contributed by atoms with Crippen LogP contribution < -0.4 is 9.64 Å². The molecular formula is C33H47N3O4S. The molecule has 224 valence electrons. The first-order chi connectivity index (χ1) is 19.6. The lowest BCUT2D eigenvalue weighted by atomic mass is 9.81. The molecule has 2 aromatic heterocycles. The molecule has 41 heavy (non-hydrogen) atoms. The first-order valence-electron chi connectivity index (χ1n) is 15.6. The highest BCUT2D eigenvalue weighted by molar-refractivity contribution is 7.14. The lowest BCUT2D eigenvalue weighted by Crippen LogP contribution is -2.47. The fourth-order valence-electron chi connectivity index (χ4n) is 6.71. The Labute approximate surface area is 249 Å². The van der Waals surface area contributed by atoms with Crippen molar-refractivity contribution in [2.75, 3.05) is 18.0 Å². The quantitative estimate of drug-likeness (QED) is 0.353. The highest BCUT2D eigenvalue weighted by atomic mass is 32.1. The van der Waals surface area contributed by atoms with Crippen LogP contribution in [0.25, 0.3) is 0 Å². The number of amides is 1. The Hall–Kier alpha value is -2.45. The van der Waals surface area contributed by atoms with E-state index in [2.05, 4.69) is 43.6 Å². The Bertz CT molecular complexity index is 1200. The zero-order valence-electron chi connectivity index (χ0n) is 25.2. The fourth-order valence-corrected chi connectivity index (χ4v) is 7.76. The van der Waals surface area contributed by atoms with Crippen LogP contribution in [0.5, 0.6) is 5.75 Å². The van der Waals surface area contributed by atoms with Gasteiger partial charge in [0.25, 0.3) is 0 Å². The number of anilines is 1. The van der Waals surface area contributed by atoms with Gasteiger partial charge >= 0.3 is 5.97 Å². The SMILES string of the molecule is CC1CCC(C(=O)N(c2cc(C(C)(C)C)sc2C(=O)O)[C@H]2CC[C@H](Oc3cncc(CN4CCCC4)c3)CC2)CC1. The average Bonchev–Trinajstić information content (AvgIpc) is 3.61. The number of hydrogen-bond acceptors (Lipinski definition) is 6. The molecule has 0 unspecified atom stereocenters. The van der Waals surface area contributed by atoms with Crippen LogP contribution >= 0.6 is 11.3 Å². The number of carbonyl (C=O) groups is 2. The second kappa shape index (κ2) is 12.8. The van der Waals surface area contributed by atoms with Gasteiger partial charge in [-0.2, -0.15) is 0 Å². The molecule has 3 fully saturated rings. The minimum absolute atomic E-state index is 0.0261. The smallest absolute Gasteiger partial charge is 0.348 e. The van der Waals surface area contributed by atoms with Crippen molar-refractivity contribution in [3.8, 4) is 5.75 Å². The first kappa shape index (κ1) is 30.0. The number of carboxylic acid groups (broad SMARTS) is 1. The third-order valence-electron chi connectivity index (χ3n) is 9.19. The fraction of sp³-hybridized carbons (Fsp3) is 0.667. The number of hydrogen-bond donors (Lipinski definition) is 1. The summed E-state index contributed by atoms with van der Waals surface area (Å²) in [5.41, 5.74) is 1.59. The Morgan fingerprint density at radius 3 is 2.34 bits per heavy atom. The largest absolute Gasteiger partial charge is 0.489 e. The number of carboxylic acids is 1. The van der Waals surface area contributed by atoms with E-state index in [0.717, 1.165) is 81.6 Å². The van der Waals surface area contributed by atoms with Crippen molar-refractivity contribution in [3.63, 3.8) is 0 Å². The maximum absolute atomic E-state index is 14.2. The molecule has 0 bridgehead atoms. The summed E-state index contributed by atoms with van der Waals surface area (Å²) in [6.07, 6.45) is 13.4. The second-order valence-electron chi connectivity index (χ2n) is 13.6. The molecule has 7 nitrogen and oxygen atoms in total. The van der Waals surface area contributed by atoms with Crippen molar-refractivity contribution in [2.24, 2.45) is 11.8 Å². The number of nitrogens with zero attached hydrogens (tertiary/aromatic N) is 3. The van der Waals surface area contributed by atoms with Crippen LogP contribution in [-0.4, -0.2) is 52.1 Å². The number of ether oxygens (including phenoxy) is 1. The van der Waals surface area contributed by atoms with Gasteiger partial charge in [-0.05, 0) is 106 Å². The molecule has 0 atom stereocenters. The number of rotatable bonds is 8. The highest BCUT2D eigenvalue weighted by Gasteiger charge is 2.38. The van der Waals surface area contributed by atoms with Gasteiger partial charge in [0, 0.05) is 29.6 Å². The predicted molar refractivity (Wildman–Crippen MR) is 164 cm³/mol. The van der Waals surface area contributed by atoms with Gasteiger partial charge in [-0.3, -0.25) is 14.7 Å². The molecule has 3 aliphatic rings. The van der Waals surface area contributed by atoms with Crippen molar-refractivity contribution in [1.29, 1.82) is 0 Å². The maximum Gasteiger partial charge on any atom is 0.348 e. The molecule has 8 heteroatoms. The Kier molecular flexibility index (Phi) is 9.39. The summed E-state index contributed by atoms with van der Waals surface area (Å²) < 4.78 is 6.42. The minimum Gasteiger partial charge on any atom is -0.489 e. The monoisotopic (exact) mass is 581 g/mol. The normalized spacial score (nSPS) is 25.7. The molecule has 5 rings (SSSR count). The van der Waals surface area contributed by atoms with E-state index in [9.17, 15) is 14.7 Å². The van der Waals surface area contributed by atoms with Crippen molar-refractivity contribution < 1.29 is 19.4 Å². The minimum atomic E-state index is -0.950. The number of thiophene rings is 1. The summed E-state index contributed by atoms with van der Waals surface area (Å²) in [6, 6.07) is 4.08. The molecule has 2 saturated carbocycles. The number of aromatic carboxylic acids is 1. The molecule has 2 aromatic rings. The van der Waals surface area contributed by atoms with Crippen molar-refractivity contribution in [1.82, 2.24) is 9.88 Å². The zero-order chi connectivity index (χ0) is 29.1. The van der Waals surface area contributed by atoms with Crippen LogP contribution in [0, 0.1) is 11.8 Å². The molecule has 0 spiro atoms. The number of carbonyl (C=O) groups excluding carboxylic acids is 1. The van der Waals surface area contributed by atoms with Crippen LogP contribution in [0.1, 0.15) is 112 Å². The summed E-state index contributed by atoms with van der Waals surface area (Å²) in [6.45, 7) is 11.8. The summed E-state index contributed by atoms with van der Waals surface area (Å²) >= 11 is 1.32. The van der Waals surface area contributed by atoms with Crippen LogP contribution in [0.2, 0.25) is 0 Å². The lowest BCUT2D eigenvalue weighted by molar-refractivity contribution is -0.124. The van der Waals surface area contributed by atoms with E-state index >= 15 is 0 Å². The van der Waals surface area contributed by atoms with Crippen LogP contribution in [0.3, 0.4) is 0 Å². The van der Waals surface area contributed by atoms with Crippen LogP contribution in [0.15, 0.2) is 24.5 Å². The summed E-state index contributed by atoms with van der Waals surface area (Å²) in [5.74, 6) is 0.584. The second-order valence-corrected chi connectivity index (χ2v) is 14.7. The molecule has 1 N–H and O–H groups in total.